The third-order valence-corrected chi connectivity index (χ3v) is 4.92. The molecule has 108 valence electrons. The lowest BCUT2D eigenvalue weighted by atomic mass is 10.2. The Labute approximate surface area is 123 Å². The molecule has 0 aliphatic rings. The van der Waals surface area contributed by atoms with E-state index in [1.54, 1.807) is 19.1 Å². The van der Waals surface area contributed by atoms with Crippen molar-refractivity contribution in [2.45, 2.75) is 11.8 Å². The maximum absolute atomic E-state index is 13.3. The summed E-state index contributed by atoms with van der Waals surface area (Å²) in [7, 11) is -3.92. The number of hydrogen-bond acceptors (Lipinski definition) is 3. The lowest BCUT2D eigenvalue weighted by molar-refractivity contribution is 0.591. The van der Waals surface area contributed by atoms with Crippen molar-refractivity contribution in [3.05, 3.63) is 59.9 Å². The molecule has 2 rings (SSSR count). The molecule has 21 heavy (non-hydrogen) atoms. The van der Waals surface area contributed by atoms with Crippen molar-refractivity contribution in [3.8, 4) is 6.07 Å². The second-order valence-corrected chi connectivity index (χ2v) is 6.09. The summed E-state index contributed by atoms with van der Waals surface area (Å²) in [6.07, 6.45) is 0. The van der Waals surface area contributed by atoms with Crippen LogP contribution in [0.25, 0.3) is 0 Å². The second kappa shape index (κ2) is 5.94. The van der Waals surface area contributed by atoms with Gasteiger partial charge in [0.15, 0.2) is 0 Å². The highest BCUT2D eigenvalue weighted by Gasteiger charge is 2.26. The highest BCUT2D eigenvalue weighted by molar-refractivity contribution is 7.92. The van der Waals surface area contributed by atoms with E-state index in [4.69, 9.17) is 5.26 Å². The Morgan fingerprint density at radius 1 is 1.19 bits per heavy atom. The topological polar surface area (TPSA) is 61.2 Å². The average Bonchev–Trinajstić information content (AvgIpc) is 2.47. The van der Waals surface area contributed by atoms with Crippen LogP contribution in [0.1, 0.15) is 12.5 Å². The maximum Gasteiger partial charge on any atom is 0.265 e. The molecule has 2 aromatic rings. The summed E-state index contributed by atoms with van der Waals surface area (Å²) in [6, 6.07) is 13.2. The van der Waals surface area contributed by atoms with Crippen LogP contribution in [0.3, 0.4) is 0 Å². The van der Waals surface area contributed by atoms with E-state index in [9.17, 15) is 12.8 Å². The molecule has 0 radical (unpaired) electrons. The van der Waals surface area contributed by atoms with Gasteiger partial charge >= 0.3 is 0 Å². The van der Waals surface area contributed by atoms with Crippen molar-refractivity contribution in [2.24, 2.45) is 0 Å². The van der Waals surface area contributed by atoms with Gasteiger partial charge in [0.2, 0.25) is 0 Å². The van der Waals surface area contributed by atoms with Crippen molar-refractivity contribution in [3.63, 3.8) is 0 Å². The van der Waals surface area contributed by atoms with Crippen LogP contribution in [0.15, 0.2) is 53.4 Å². The molecule has 2 aromatic carbocycles. The Balaban J connectivity index is 2.58. The van der Waals surface area contributed by atoms with E-state index in [1.807, 2.05) is 6.07 Å². The molecule has 0 saturated carbocycles. The first-order chi connectivity index (χ1) is 10.0. The van der Waals surface area contributed by atoms with Crippen molar-refractivity contribution in [1.29, 1.82) is 5.26 Å². The lowest BCUT2D eigenvalue weighted by Gasteiger charge is -2.23. The minimum atomic E-state index is -3.92. The lowest BCUT2D eigenvalue weighted by Crippen LogP contribution is -2.31. The van der Waals surface area contributed by atoms with Crippen LogP contribution < -0.4 is 4.31 Å². The quantitative estimate of drug-likeness (QED) is 0.872. The van der Waals surface area contributed by atoms with Gasteiger partial charge in [0.25, 0.3) is 10.0 Å². The Hall–Kier alpha value is -2.39. The molecule has 0 atom stereocenters. The normalized spacial score (nSPS) is 10.9. The van der Waals surface area contributed by atoms with Gasteiger partial charge in [0.1, 0.15) is 16.8 Å². The van der Waals surface area contributed by atoms with E-state index in [2.05, 4.69) is 0 Å². The van der Waals surface area contributed by atoms with E-state index in [-0.39, 0.29) is 22.7 Å². The fourth-order valence-corrected chi connectivity index (χ4v) is 3.64. The monoisotopic (exact) mass is 304 g/mol. The van der Waals surface area contributed by atoms with Crippen LogP contribution >= 0.6 is 0 Å². The van der Waals surface area contributed by atoms with Gasteiger partial charge in [0, 0.05) is 6.54 Å². The Morgan fingerprint density at radius 3 is 2.52 bits per heavy atom. The predicted molar refractivity (Wildman–Crippen MR) is 77.8 cm³/mol. The number of anilines is 1. The molecule has 0 N–H and O–H groups in total. The molecule has 0 amide bonds. The number of rotatable bonds is 4. The molecule has 0 aliphatic carbocycles. The number of benzene rings is 2. The van der Waals surface area contributed by atoms with Crippen LogP contribution in [0.5, 0.6) is 0 Å². The molecule has 0 fully saturated rings. The average molecular weight is 304 g/mol. The highest BCUT2D eigenvalue weighted by atomic mass is 32.2. The molecular formula is C15H13FN2O2S. The fraction of sp³-hybridized carbons (Fsp3) is 0.133. The molecular weight excluding hydrogens is 291 g/mol. The molecule has 0 saturated heterocycles. The molecule has 0 unspecified atom stereocenters. The van der Waals surface area contributed by atoms with Crippen LogP contribution in [0, 0.1) is 17.1 Å². The first kappa shape index (κ1) is 15.0. The maximum atomic E-state index is 13.3. The van der Waals surface area contributed by atoms with Crippen LogP contribution in [0.4, 0.5) is 10.1 Å². The van der Waals surface area contributed by atoms with Crippen molar-refractivity contribution >= 4 is 15.7 Å². The summed E-state index contributed by atoms with van der Waals surface area (Å²) in [5.41, 5.74) is 0.289. The van der Waals surface area contributed by atoms with E-state index in [1.165, 1.54) is 30.3 Å². The number of hydrogen-bond donors (Lipinski definition) is 0. The summed E-state index contributed by atoms with van der Waals surface area (Å²) in [5.74, 6) is -0.519. The third-order valence-electron chi connectivity index (χ3n) is 2.96. The molecule has 6 heteroatoms. The van der Waals surface area contributed by atoms with Gasteiger partial charge in [-0.05, 0) is 37.3 Å². The standard InChI is InChI=1S/C15H13FN2O2S/c1-2-18(14-8-5-7-13(16)10-14)21(19,20)15-9-4-3-6-12(15)11-17/h3-10H,2H2,1H3. The third kappa shape index (κ3) is 2.88. The summed E-state index contributed by atoms with van der Waals surface area (Å²) >= 11 is 0. The first-order valence-corrected chi connectivity index (χ1v) is 7.72. The number of sulfonamides is 1. The molecule has 0 spiro atoms. The minimum Gasteiger partial charge on any atom is -0.266 e. The molecule has 0 heterocycles. The van der Waals surface area contributed by atoms with Gasteiger partial charge in [-0.3, -0.25) is 4.31 Å². The van der Waals surface area contributed by atoms with E-state index in [0.29, 0.717) is 0 Å². The minimum absolute atomic E-state index is 0.0624. The Kier molecular flexibility index (Phi) is 4.24. The van der Waals surface area contributed by atoms with E-state index in [0.717, 1.165) is 10.4 Å². The van der Waals surface area contributed by atoms with Gasteiger partial charge in [-0.25, -0.2) is 12.8 Å². The summed E-state index contributed by atoms with van der Waals surface area (Å²) in [5, 5.41) is 9.06. The largest absolute Gasteiger partial charge is 0.266 e. The van der Waals surface area contributed by atoms with Gasteiger partial charge in [0.05, 0.1) is 11.3 Å². The number of nitriles is 1. The predicted octanol–water partition coefficient (Wildman–Crippen LogP) is 2.91. The van der Waals surface area contributed by atoms with Crippen LogP contribution in [0.2, 0.25) is 0 Å². The molecule has 4 nitrogen and oxygen atoms in total. The molecule has 0 bridgehead atoms. The van der Waals surface area contributed by atoms with Crippen molar-refractivity contribution in [2.75, 3.05) is 10.8 Å². The van der Waals surface area contributed by atoms with Crippen molar-refractivity contribution < 1.29 is 12.8 Å². The zero-order valence-corrected chi connectivity index (χ0v) is 12.1. The zero-order chi connectivity index (χ0) is 15.5. The van der Waals surface area contributed by atoms with Crippen LogP contribution in [-0.2, 0) is 10.0 Å². The number of nitrogens with zero attached hydrogens (tertiary/aromatic N) is 2. The summed E-state index contributed by atoms with van der Waals surface area (Å²) in [6.45, 7) is 1.78. The van der Waals surface area contributed by atoms with Gasteiger partial charge < -0.3 is 0 Å². The Bertz CT molecular complexity index is 797. The zero-order valence-electron chi connectivity index (χ0n) is 11.3. The van der Waals surface area contributed by atoms with E-state index < -0.39 is 15.8 Å². The molecule has 0 aromatic heterocycles. The van der Waals surface area contributed by atoms with E-state index >= 15 is 0 Å². The van der Waals surface area contributed by atoms with Gasteiger partial charge in [-0.15, -0.1) is 0 Å². The highest BCUT2D eigenvalue weighted by Crippen LogP contribution is 2.25. The molecule has 0 aliphatic heterocycles. The first-order valence-electron chi connectivity index (χ1n) is 6.28. The second-order valence-electron chi connectivity index (χ2n) is 4.26. The fourth-order valence-electron chi connectivity index (χ4n) is 2.03. The number of halogens is 1. The SMILES string of the molecule is CCN(c1cccc(F)c1)S(=O)(=O)c1ccccc1C#N. The van der Waals surface area contributed by atoms with Crippen LogP contribution in [-0.4, -0.2) is 15.0 Å². The van der Waals surface area contributed by atoms with Crippen molar-refractivity contribution in [1.82, 2.24) is 0 Å². The smallest absolute Gasteiger partial charge is 0.265 e. The van der Waals surface area contributed by atoms with Gasteiger partial charge in [-0.2, -0.15) is 5.26 Å². The summed E-state index contributed by atoms with van der Waals surface area (Å²) < 4.78 is 39.8. The summed E-state index contributed by atoms with van der Waals surface area (Å²) in [4.78, 5) is -0.0846. The van der Waals surface area contributed by atoms with Gasteiger partial charge in [-0.1, -0.05) is 18.2 Å². The Morgan fingerprint density at radius 2 is 1.90 bits per heavy atom.